The van der Waals surface area contributed by atoms with Crippen LogP contribution in [0, 0.1) is 5.82 Å². The molecule has 0 radical (unpaired) electrons. The van der Waals surface area contributed by atoms with Crippen LogP contribution in [0.15, 0.2) is 73.0 Å². The van der Waals surface area contributed by atoms with Gasteiger partial charge in [-0.15, -0.1) is 0 Å². The Labute approximate surface area is 421 Å². The van der Waals surface area contributed by atoms with Gasteiger partial charge in [0.05, 0.1) is 12.0 Å². The standard InChI is InChI=1S/C21H25NO2.C18H19FN2O4.C17H17F3N2O2/c1-14-10-11-19(20(23)12-14)22-13-18-16(15-6-3-2-4-7-15)8-5-9-17(18)21(22)24;19-11-7-12(10-3-5-25-6-4-10)14-9-21(18(24)13(14)8-11)15-1-2-16(22)20-17(15)23;1-9-6-7-14(15(23)21-9)22-8-13-11(10(2)17(18,19)20)4-3-5-12(13)16(22)24/h5,8-9,15,19H,1-4,6-7,10-13H2;7-8,10,15H,1-6,9H2,(H,20,22,23);3-5,10,14H,1,6-8H2,2H3,(H,21,23)/t;;10-,14?/m..1/s1. The molecule has 386 valence electrons. The number of carbonyl (C=O) groups is 7. The van der Waals surface area contributed by atoms with Crippen LogP contribution < -0.4 is 10.6 Å². The number of alkyl halides is 3. The second kappa shape index (κ2) is 21.2. The van der Waals surface area contributed by atoms with Crippen molar-refractivity contribution in [2.24, 2.45) is 0 Å². The van der Waals surface area contributed by atoms with Crippen LogP contribution in [-0.4, -0.2) is 93.4 Å². The van der Waals surface area contributed by atoms with E-state index in [2.05, 4.69) is 29.9 Å². The van der Waals surface area contributed by atoms with Gasteiger partial charge in [0.25, 0.3) is 17.7 Å². The number of nitrogens with zero attached hydrogens (tertiary/aromatic N) is 3. The number of fused-ring (bicyclic) bond motifs is 3. The highest BCUT2D eigenvalue weighted by atomic mass is 19.4. The number of imide groups is 1. The molecule has 3 aromatic carbocycles. The molecule has 13 nitrogen and oxygen atoms in total. The van der Waals surface area contributed by atoms with Gasteiger partial charge in [0, 0.05) is 68.1 Å². The van der Waals surface area contributed by atoms with E-state index in [1.54, 1.807) is 0 Å². The number of hydrogen-bond acceptors (Lipinski definition) is 8. The quantitative estimate of drug-likeness (QED) is 0.141. The number of piperidine rings is 2. The van der Waals surface area contributed by atoms with Crippen LogP contribution in [0.25, 0.3) is 0 Å². The summed E-state index contributed by atoms with van der Waals surface area (Å²) in [6.45, 7) is 10.9. The molecule has 2 aliphatic carbocycles. The number of halogens is 4. The fraction of sp³-hybridized carbons (Fsp3) is 0.482. The van der Waals surface area contributed by atoms with Gasteiger partial charge < -0.3 is 24.8 Å². The minimum absolute atomic E-state index is 0.0231. The highest BCUT2D eigenvalue weighted by Crippen LogP contribution is 2.42. The summed E-state index contributed by atoms with van der Waals surface area (Å²) in [6.07, 6.45) is 7.06. The molecule has 2 N–H and O–H groups in total. The van der Waals surface area contributed by atoms with E-state index in [-0.39, 0.29) is 72.0 Å². The zero-order chi connectivity index (χ0) is 51.9. The summed E-state index contributed by atoms with van der Waals surface area (Å²) in [5, 5.41) is 4.89. The summed E-state index contributed by atoms with van der Waals surface area (Å²) in [4.78, 5) is 90.9. The first-order valence-corrected chi connectivity index (χ1v) is 25.5. The molecule has 0 spiro atoms. The predicted octanol–water partition coefficient (Wildman–Crippen LogP) is 8.95. The molecule has 3 aromatic rings. The number of hydrogen-bond donors (Lipinski definition) is 2. The van der Waals surface area contributed by atoms with Crippen LogP contribution in [0.4, 0.5) is 17.6 Å². The molecule has 73 heavy (non-hydrogen) atoms. The third kappa shape index (κ3) is 10.5. The fourth-order valence-corrected chi connectivity index (χ4v) is 12.0. The molecule has 6 aliphatic heterocycles. The Bertz CT molecular complexity index is 2780. The first kappa shape index (κ1) is 51.4. The lowest BCUT2D eigenvalue weighted by Crippen LogP contribution is -2.52. The minimum atomic E-state index is -4.38. The monoisotopic (exact) mass is 1010 g/mol. The molecule has 5 fully saturated rings. The van der Waals surface area contributed by atoms with Crippen molar-refractivity contribution in [1.82, 2.24) is 25.3 Å². The van der Waals surface area contributed by atoms with Crippen LogP contribution in [0.1, 0.15) is 179 Å². The Hall–Kier alpha value is -6.49. The van der Waals surface area contributed by atoms with Gasteiger partial charge >= 0.3 is 6.18 Å². The van der Waals surface area contributed by atoms with Gasteiger partial charge in [0.15, 0.2) is 5.78 Å². The smallest absolute Gasteiger partial charge is 0.381 e. The average Bonchev–Trinajstić information content (AvgIpc) is 4.01. The van der Waals surface area contributed by atoms with E-state index in [0.29, 0.717) is 68.2 Å². The molecule has 6 heterocycles. The van der Waals surface area contributed by atoms with Gasteiger partial charge in [-0.1, -0.05) is 62.3 Å². The molecule has 0 bridgehead atoms. The highest BCUT2D eigenvalue weighted by Gasteiger charge is 2.45. The van der Waals surface area contributed by atoms with Crippen molar-refractivity contribution in [2.75, 3.05) is 13.2 Å². The molecular weight excluding hydrogens is 947 g/mol. The summed E-state index contributed by atoms with van der Waals surface area (Å²) in [7, 11) is 0. The lowest BCUT2D eigenvalue weighted by atomic mass is 9.81. The van der Waals surface area contributed by atoms with Crippen LogP contribution >= 0.6 is 0 Å². The first-order chi connectivity index (χ1) is 34.9. The van der Waals surface area contributed by atoms with Crippen LogP contribution in [-0.2, 0) is 43.5 Å². The molecule has 3 saturated heterocycles. The van der Waals surface area contributed by atoms with Gasteiger partial charge in [-0.25, -0.2) is 4.39 Å². The van der Waals surface area contributed by atoms with Crippen LogP contribution in [0.3, 0.4) is 0 Å². The SMILES string of the molecule is C=C1CCC(N2Cc3c(cccc3C3CCCCC3)C2=O)C(=O)C1.C=C1CCC(N2Cc3c(cccc3[C@@H](C)C(F)(F)F)C2=O)C(=O)N1.O=C1CCC(N2Cc3c(cc(F)cc3C3CCOCC3)C2=O)C(=O)N1. The molecule has 2 saturated carbocycles. The van der Waals surface area contributed by atoms with E-state index in [0.717, 1.165) is 54.9 Å². The molecule has 17 heteroatoms. The molecule has 6 amide bonds. The second-order valence-corrected chi connectivity index (χ2v) is 20.6. The Morgan fingerprint density at radius 3 is 1.79 bits per heavy atom. The predicted molar refractivity (Wildman–Crippen MR) is 260 cm³/mol. The summed E-state index contributed by atoms with van der Waals surface area (Å²) >= 11 is 0. The van der Waals surface area contributed by atoms with Crippen molar-refractivity contribution in [3.05, 3.63) is 129 Å². The first-order valence-electron chi connectivity index (χ1n) is 25.5. The number of carbonyl (C=O) groups excluding carboxylic acids is 7. The van der Waals surface area contributed by atoms with Gasteiger partial charge in [-0.05, 0) is 134 Å². The van der Waals surface area contributed by atoms with Crippen molar-refractivity contribution >= 4 is 41.2 Å². The number of rotatable bonds is 6. The number of allylic oxidation sites excluding steroid dienone is 2. The maximum atomic E-state index is 14.1. The zero-order valence-corrected chi connectivity index (χ0v) is 41.1. The number of Topliss-reactive ketones (excluding diaryl/α,β-unsaturated/α-hetero) is 1. The van der Waals surface area contributed by atoms with E-state index in [4.69, 9.17) is 4.74 Å². The summed E-state index contributed by atoms with van der Waals surface area (Å²) in [5.74, 6) is -2.98. The zero-order valence-electron chi connectivity index (χ0n) is 41.1. The maximum absolute atomic E-state index is 14.1. The Balaban J connectivity index is 0.000000135. The van der Waals surface area contributed by atoms with Crippen molar-refractivity contribution in [3.8, 4) is 0 Å². The average molecular weight is 1010 g/mol. The van der Waals surface area contributed by atoms with E-state index < -0.39 is 41.8 Å². The molecule has 3 unspecified atom stereocenters. The van der Waals surface area contributed by atoms with Gasteiger partial charge in [0.2, 0.25) is 17.7 Å². The number of ether oxygens (including phenoxy) is 1. The van der Waals surface area contributed by atoms with E-state index in [1.165, 1.54) is 83.4 Å². The number of ketones is 1. The van der Waals surface area contributed by atoms with Crippen molar-refractivity contribution < 1.29 is 55.9 Å². The Morgan fingerprint density at radius 2 is 1.16 bits per heavy atom. The Morgan fingerprint density at radius 1 is 0.616 bits per heavy atom. The molecular formula is C56H61F4N5O8. The number of nitrogens with one attached hydrogen (secondary N) is 2. The Kier molecular flexibility index (Phi) is 14.9. The minimum Gasteiger partial charge on any atom is -0.381 e. The lowest BCUT2D eigenvalue weighted by molar-refractivity contribution is -0.146. The third-order valence-electron chi connectivity index (χ3n) is 16.0. The molecule has 11 rings (SSSR count). The van der Waals surface area contributed by atoms with Crippen molar-refractivity contribution in [3.63, 3.8) is 0 Å². The summed E-state index contributed by atoms with van der Waals surface area (Å²) < 4.78 is 58.8. The lowest BCUT2D eigenvalue weighted by Gasteiger charge is -2.31. The third-order valence-corrected chi connectivity index (χ3v) is 16.0. The van der Waals surface area contributed by atoms with E-state index in [1.807, 2.05) is 17.0 Å². The van der Waals surface area contributed by atoms with Gasteiger partial charge in [0.1, 0.15) is 17.9 Å². The summed E-state index contributed by atoms with van der Waals surface area (Å²) in [6, 6.07) is 11.7. The molecule has 4 atom stereocenters. The van der Waals surface area contributed by atoms with Crippen molar-refractivity contribution in [1.29, 1.82) is 0 Å². The number of benzene rings is 3. The fourth-order valence-electron chi connectivity index (χ4n) is 12.0. The highest BCUT2D eigenvalue weighted by molar-refractivity contribution is 6.06. The molecule has 8 aliphatic rings. The van der Waals surface area contributed by atoms with Crippen LogP contribution in [0.2, 0.25) is 0 Å². The van der Waals surface area contributed by atoms with Gasteiger partial charge in [-0.2, -0.15) is 13.2 Å². The molecule has 0 aromatic heterocycles. The maximum Gasteiger partial charge on any atom is 0.395 e. The number of amides is 6. The van der Waals surface area contributed by atoms with Crippen molar-refractivity contribution in [2.45, 2.75) is 159 Å². The normalized spacial score (nSPS) is 24.0. The van der Waals surface area contributed by atoms with Crippen LogP contribution in [0.5, 0.6) is 0 Å². The largest absolute Gasteiger partial charge is 0.395 e. The summed E-state index contributed by atoms with van der Waals surface area (Å²) in [5.41, 5.74) is 7.67. The second-order valence-electron chi connectivity index (χ2n) is 20.6. The van der Waals surface area contributed by atoms with Gasteiger partial charge in [-0.3, -0.25) is 38.9 Å². The van der Waals surface area contributed by atoms with E-state index >= 15 is 0 Å². The van der Waals surface area contributed by atoms with E-state index in [9.17, 15) is 51.1 Å². The topological polar surface area (TPSA) is 162 Å².